The Morgan fingerprint density at radius 1 is 1.45 bits per heavy atom. The smallest absolute Gasteiger partial charge is 0.223 e. The van der Waals surface area contributed by atoms with Crippen molar-refractivity contribution in [2.75, 3.05) is 32.8 Å². The monoisotopic (exact) mass is 316 g/mol. The molecule has 2 fully saturated rings. The van der Waals surface area contributed by atoms with E-state index >= 15 is 0 Å². The lowest BCUT2D eigenvalue weighted by atomic mass is 10.2. The third kappa shape index (κ3) is 3.95. The van der Waals surface area contributed by atoms with Crippen LogP contribution < -0.4 is 5.32 Å². The summed E-state index contributed by atoms with van der Waals surface area (Å²) >= 11 is 1.77. The van der Waals surface area contributed by atoms with Gasteiger partial charge in [-0.1, -0.05) is 6.07 Å². The van der Waals surface area contributed by atoms with Crippen molar-refractivity contribution < 1.29 is 9.53 Å². The van der Waals surface area contributed by atoms with Crippen LogP contribution in [-0.4, -0.2) is 43.7 Å². The summed E-state index contributed by atoms with van der Waals surface area (Å²) in [4.78, 5) is 15.6. The number of nitrogens with one attached hydrogen (secondary N) is 1. The molecule has 1 unspecified atom stereocenters. The van der Waals surface area contributed by atoms with Crippen LogP contribution in [0.2, 0.25) is 0 Å². The number of rotatable bonds is 5. The molecule has 0 spiro atoms. The summed E-state index contributed by atoms with van der Waals surface area (Å²) in [6.07, 6.45) is 2.13. The van der Waals surface area contributed by atoms with Crippen LogP contribution >= 0.6 is 23.7 Å². The van der Waals surface area contributed by atoms with Crippen LogP contribution in [0.15, 0.2) is 17.5 Å². The zero-order valence-corrected chi connectivity index (χ0v) is 13.0. The highest BCUT2D eigenvalue weighted by Gasteiger charge is 2.31. The van der Waals surface area contributed by atoms with Gasteiger partial charge in [-0.25, -0.2) is 0 Å². The minimum absolute atomic E-state index is 0. The van der Waals surface area contributed by atoms with Gasteiger partial charge in [0, 0.05) is 30.4 Å². The molecule has 1 aromatic rings. The normalized spacial score (nSPS) is 21.0. The molecule has 20 heavy (non-hydrogen) atoms. The number of hydrogen-bond donors (Lipinski definition) is 1. The van der Waals surface area contributed by atoms with E-state index in [4.69, 9.17) is 4.74 Å². The Balaban J connectivity index is 0.00000147. The van der Waals surface area contributed by atoms with E-state index in [0.29, 0.717) is 6.04 Å². The Labute approximate surface area is 129 Å². The van der Waals surface area contributed by atoms with Crippen LogP contribution in [0.3, 0.4) is 0 Å². The third-order valence-corrected chi connectivity index (χ3v) is 4.75. The Morgan fingerprint density at radius 3 is 2.80 bits per heavy atom. The average Bonchev–Trinajstić information content (AvgIpc) is 3.17. The lowest BCUT2D eigenvalue weighted by Crippen LogP contribution is -2.43. The first kappa shape index (κ1) is 15.8. The number of amides is 1. The van der Waals surface area contributed by atoms with Crippen molar-refractivity contribution in [1.82, 2.24) is 10.2 Å². The molecule has 1 saturated carbocycles. The molecule has 4 nitrogen and oxygen atoms in total. The molecule has 1 aromatic heterocycles. The topological polar surface area (TPSA) is 41.6 Å². The zero-order valence-electron chi connectivity index (χ0n) is 11.4. The van der Waals surface area contributed by atoms with Crippen molar-refractivity contribution in [3.05, 3.63) is 22.4 Å². The Hall–Kier alpha value is -0.620. The predicted octanol–water partition coefficient (Wildman–Crippen LogP) is 2.07. The van der Waals surface area contributed by atoms with Gasteiger partial charge in [0.25, 0.3) is 0 Å². The van der Waals surface area contributed by atoms with Crippen molar-refractivity contribution in [2.45, 2.75) is 18.9 Å². The molecular formula is C14H21ClN2O2S. The van der Waals surface area contributed by atoms with Gasteiger partial charge in [-0.15, -0.1) is 23.7 Å². The van der Waals surface area contributed by atoms with Crippen molar-refractivity contribution in [3.63, 3.8) is 0 Å². The summed E-state index contributed by atoms with van der Waals surface area (Å²) < 4.78 is 5.42. The second-order valence-corrected chi connectivity index (χ2v) is 6.18. The SMILES string of the molecule is Cl.O=C(NCC(c1cccs1)N1CCOCC1)C1CC1. The number of nitrogens with zero attached hydrogens (tertiary/aromatic N) is 1. The Bertz CT molecular complexity index is 417. The van der Waals surface area contributed by atoms with E-state index in [-0.39, 0.29) is 24.2 Å². The number of halogens is 1. The molecule has 0 radical (unpaired) electrons. The van der Waals surface area contributed by atoms with E-state index in [1.165, 1.54) is 4.88 Å². The maximum atomic E-state index is 11.8. The van der Waals surface area contributed by atoms with Crippen LogP contribution in [0.25, 0.3) is 0 Å². The number of thiophene rings is 1. The molecule has 1 saturated heterocycles. The van der Waals surface area contributed by atoms with Crippen LogP contribution in [-0.2, 0) is 9.53 Å². The Kier molecular flexibility index (Phi) is 5.84. The quantitative estimate of drug-likeness (QED) is 0.904. The van der Waals surface area contributed by atoms with Crippen molar-refractivity contribution in [2.24, 2.45) is 5.92 Å². The molecular weight excluding hydrogens is 296 g/mol. The fourth-order valence-corrected chi connectivity index (χ4v) is 3.33. The van der Waals surface area contributed by atoms with Gasteiger partial charge in [0.1, 0.15) is 0 Å². The van der Waals surface area contributed by atoms with Gasteiger partial charge in [-0.3, -0.25) is 9.69 Å². The first-order chi connectivity index (χ1) is 9.34. The molecule has 2 aliphatic rings. The standard InChI is InChI=1S/C14H20N2O2S.ClH/c17-14(11-3-4-11)15-10-12(13-2-1-9-19-13)16-5-7-18-8-6-16;/h1-2,9,11-12H,3-8,10H2,(H,15,17);1H. The number of morpholine rings is 1. The van der Waals surface area contributed by atoms with Gasteiger partial charge in [0.05, 0.1) is 19.3 Å². The highest BCUT2D eigenvalue weighted by atomic mass is 35.5. The van der Waals surface area contributed by atoms with Gasteiger partial charge in [0.2, 0.25) is 5.91 Å². The summed E-state index contributed by atoms with van der Waals surface area (Å²) in [5.41, 5.74) is 0. The van der Waals surface area contributed by atoms with Gasteiger partial charge in [-0.05, 0) is 24.3 Å². The fourth-order valence-electron chi connectivity index (χ4n) is 2.47. The minimum atomic E-state index is 0. The van der Waals surface area contributed by atoms with E-state index in [1.807, 2.05) is 0 Å². The molecule has 1 amide bonds. The van der Waals surface area contributed by atoms with Crippen LogP contribution in [0, 0.1) is 5.92 Å². The summed E-state index contributed by atoms with van der Waals surface area (Å²) in [7, 11) is 0. The van der Waals surface area contributed by atoms with Gasteiger partial charge < -0.3 is 10.1 Å². The average molecular weight is 317 g/mol. The maximum absolute atomic E-state index is 11.8. The largest absolute Gasteiger partial charge is 0.379 e. The predicted molar refractivity (Wildman–Crippen MR) is 82.4 cm³/mol. The molecule has 1 aliphatic carbocycles. The second-order valence-electron chi connectivity index (χ2n) is 5.20. The molecule has 6 heteroatoms. The lowest BCUT2D eigenvalue weighted by Gasteiger charge is -2.34. The van der Waals surface area contributed by atoms with E-state index < -0.39 is 0 Å². The third-order valence-electron chi connectivity index (χ3n) is 3.78. The first-order valence-electron chi connectivity index (χ1n) is 6.97. The second kappa shape index (κ2) is 7.41. The van der Waals surface area contributed by atoms with Crippen molar-refractivity contribution in [1.29, 1.82) is 0 Å². The molecule has 1 atom stereocenters. The van der Waals surface area contributed by atoms with Crippen LogP contribution in [0.1, 0.15) is 23.8 Å². The van der Waals surface area contributed by atoms with E-state index in [2.05, 4.69) is 27.7 Å². The minimum Gasteiger partial charge on any atom is -0.379 e. The van der Waals surface area contributed by atoms with E-state index in [0.717, 1.165) is 45.7 Å². The molecule has 1 aliphatic heterocycles. The van der Waals surface area contributed by atoms with Crippen molar-refractivity contribution in [3.8, 4) is 0 Å². The van der Waals surface area contributed by atoms with Crippen LogP contribution in [0.5, 0.6) is 0 Å². The summed E-state index contributed by atoms with van der Waals surface area (Å²) in [5, 5.41) is 5.22. The number of ether oxygens (including phenoxy) is 1. The molecule has 0 bridgehead atoms. The van der Waals surface area contributed by atoms with Crippen LogP contribution in [0.4, 0.5) is 0 Å². The fraction of sp³-hybridized carbons (Fsp3) is 0.643. The highest BCUT2D eigenvalue weighted by molar-refractivity contribution is 7.10. The highest BCUT2D eigenvalue weighted by Crippen LogP contribution is 2.30. The van der Waals surface area contributed by atoms with Gasteiger partial charge in [-0.2, -0.15) is 0 Å². The first-order valence-corrected chi connectivity index (χ1v) is 7.85. The lowest BCUT2D eigenvalue weighted by molar-refractivity contribution is -0.122. The Morgan fingerprint density at radius 2 is 2.20 bits per heavy atom. The number of carbonyl (C=O) groups is 1. The van der Waals surface area contributed by atoms with E-state index in [1.54, 1.807) is 11.3 Å². The summed E-state index contributed by atoms with van der Waals surface area (Å²) in [6, 6.07) is 4.54. The number of hydrogen-bond acceptors (Lipinski definition) is 4. The van der Waals surface area contributed by atoms with Crippen molar-refractivity contribution >= 4 is 29.7 Å². The summed E-state index contributed by atoms with van der Waals surface area (Å²) in [6.45, 7) is 4.19. The maximum Gasteiger partial charge on any atom is 0.223 e. The molecule has 1 N–H and O–H groups in total. The summed E-state index contributed by atoms with van der Waals surface area (Å²) in [5.74, 6) is 0.517. The molecule has 112 valence electrons. The van der Waals surface area contributed by atoms with Gasteiger partial charge >= 0.3 is 0 Å². The van der Waals surface area contributed by atoms with Gasteiger partial charge in [0.15, 0.2) is 0 Å². The molecule has 0 aromatic carbocycles. The number of carbonyl (C=O) groups excluding carboxylic acids is 1. The zero-order chi connectivity index (χ0) is 13.1. The molecule has 2 heterocycles. The molecule has 3 rings (SSSR count). The van der Waals surface area contributed by atoms with E-state index in [9.17, 15) is 4.79 Å².